The summed E-state index contributed by atoms with van der Waals surface area (Å²) in [5, 5.41) is 5.09. The second kappa shape index (κ2) is 9.07. The number of benzene rings is 1. The number of thiophene rings is 1. The molecule has 11 heteroatoms. The first kappa shape index (κ1) is 22.1. The van der Waals surface area contributed by atoms with Gasteiger partial charge in [0.2, 0.25) is 0 Å². The number of nitrogens with one attached hydrogen (secondary N) is 2. The molecule has 1 aromatic heterocycles. The normalized spacial score (nSPS) is 16.6. The summed E-state index contributed by atoms with van der Waals surface area (Å²) >= 11 is 6.75. The van der Waals surface area contributed by atoms with Crippen LogP contribution < -0.4 is 15.4 Å². The molecule has 30 heavy (non-hydrogen) atoms. The van der Waals surface area contributed by atoms with Crippen LogP contribution in [0, 0.1) is 0 Å². The lowest BCUT2D eigenvalue weighted by Crippen LogP contribution is -2.47. The van der Waals surface area contributed by atoms with E-state index >= 15 is 0 Å². The van der Waals surface area contributed by atoms with Gasteiger partial charge in [-0.05, 0) is 36.8 Å². The van der Waals surface area contributed by atoms with Crippen molar-refractivity contribution in [1.29, 1.82) is 0 Å². The van der Waals surface area contributed by atoms with E-state index in [4.69, 9.17) is 21.1 Å². The van der Waals surface area contributed by atoms with Gasteiger partial charge in [0.1, 0.15) is 9.96 Å². The number of rotatable bonds is 7. The summed E-state index contributed by atoms with van der Waals surface area (Å²) in [4.78, 5) is 24.8. The van der Waals surface area contributed by atoms with Gasteiger partial charge >= 0.3 is 12.0 Å². The first-order chi connectivity index (χ1) is 14.2. The first-order valence-corrected chi connectivity index (χ1v) is 11.7. The SMILES string of the molecule is CCOc1ccc(C2NC(=O)NC(CS(=O)(=O)c3ccc(Cl)s3)=C2C(=O)OC)cc1. The van der Waals surface area contributed by atoms with Gasteiger partial charge in [0.15, 0.2) is 9.84 Å². The van der Waals surface area contributed by atoms with Gasteiger partial charge < -0.3 is 20.1 Å². The molecule has 0 bridgehead atoms. The highest BCUT2D eigenvalue weighted by molar-refractivity contribution is 7.93. The molecule has 0 radical (unpaired) electrons. The lowest BCUT2D eigenvalue weighted by molar-refractivity contribution is -0.136. The van der Waals surface area contributed by atoms with Crippen LogP contribution in [0.4, 0.5) is 4.79 Å². The van der Waals surface area contributed by atoms with Crippen LogP contribution in [-0.2, 0) is 19.4 Å². The van der Waals surface area contributed by atoms with E-state index in [1.54, 1.807) is 24.3 Å². The molecule has 0 spiro atoms. The highest BCUT2D eigenvalue weighted by atomic mass is 35.5. The van der Waals surface area contributed by atoms with E-state index in [0.717, 1.165) is 11.3 Å². The summed E-state index contributed by atoms with van der Waals surface area (Å²) in [6.45, 7) is 2.35. The number of ether oxygens (including phenoxy) is 2. The fourth-order valence-electron chi connectivity index (χ4n) is 2.98. The number of carbonyl (C=O) groups excluding carboxylic acids is 2. The molecule has 1 aliphatic heterocycles. The Morgan fingerprint density at radius 2 is 1.90 bits per heavy atom. The van der Waals surface area contributed by atoms with Gasteiger partial charge in [-0.2, -0.15) is 0 Å². The van der Waals surface area contributed by atoms with E-state index in [1.165, 1.54) is 19.2 Å². The monoisotopic (exact) mass is 470 g/mol. The second-order valence-corrected chi connectivity index (χ2v) is 10.2. The van der Waals surface area contributed by atoms with Crippen molar-refractivity contribution in [3.05, 3.63) is 57.6 Å². The van der Waals surface area contributed by atoms with Crippen LogP contribution in [0.15, 0.2) is 51.9 Å². The minimum atomic E-state index is -3.85. The van der Waals surface area contributed by atoms with Crippen molar-refractivity contribution < 1.29 is 27.5 Å². The van der Waals surface area contributed by atoms with Crippen molar-refractivity contribution in [3.63, 3.8) is 0 Å². The van der Waals surface area contributed by atoms with Crippen LogP contribution in [0.25, 0.3) is 0 Å². The van der Waals surface area contributed by atoms with Crippen molar-refractivity contribution in [3.8, 4) is 5.75 Å². The molecule has 160 valence electrons. The molecule has 2 N–H and O–H groups in total. The van der Waals surface area contributed by atoms with Crippen molar-refractivity contribution in [2.45, 2.75) is 17.2 Å². The van der Waals surface area contributed by atoms with Crippen LogP contribution in [-0.4, -0.2) is 39.9 Å². The third-order valence-electron chi connectivity index (χ3n) is 4.27. The molecule has 0 saturated carbocycles. The quantitative estimate of drug-likeness (QED) is 0.602. The Morgan fingerprint density at radius 3 is 2.47 bits per heavy atom. The minimum Gasteiger partial charge on any atom is -0.494 e. The second-order valence-electron chi connectivity index (χ2n) is 6.23. The maximum atomic E-state index is 12.8. The smallest absolute Gasteiger partial charge is 0.338 e. The number of amides is 2. The molecule has 0 fully saturated rings. The minimum absolute atomic E-state index is 0.00693. The third kappa shape index (κ3) is 4.77. The van der Waals surface area contributed by atoms with E-state index in [1.807, 2.05) is 6.92 Å². The molecule has 1 aliphatic rings. The molecule has 1 aromatic carbocycles. The third-order valence-corrected chi connectivity index (χ3v) is 7.73. The standard InChI is InChI=1S/C19H19ClN2O6S2/c1-3-28-12-6-4-11(5-7-12)17-16(18(23)27-2)13(21-19(24)22-17)10-30(25,26)15-9-8-14(20)29-15/h4-9,17H,3,10H2,1-2H3,(H2,21,22,24). The average Bonchev–Trinajstić information content (AvgIpc) is 3.15. The molecule has 2 amide bonds. The van der Waals surface area contributed by atoms with Crippen molar-refractivity contribution in [2.75, 3.05) is 19.5 Å². The van der Waals surface area contributed by atoms with Gasteiger partial charge in [-0.15, -0.1) is 11.3 Å². The maximum absolute atomic E-state index is 12.8. The fourth-order valence-corrected chi connectivity index (χ4v) is 5.88. The van der Waals surface area contributed by atoms with Crippen LogP contribution in [0.3, 0.4) is 0 Å². The number of halogens is 1. The van der Waals surface area contributed by atoms with Gasteiger partial charge in [0, 0.05) is 5.70 Å². The molecule has 2 heterocycles. The zero-order valence-corrected chi connectivity index (χ0v) is 18.5. The molecule has 3 rings (SSSR count). The summed E-state index contributed by atoms with van der Waals surface area (Å²) < 4.78 is 36.3. The predicted octanol–water partition coefficient (Wildman–Crippen LogP) is 3.06. The molecule has 1 atom stereocenters. The number of carbonyl (C=O) groups is 2. The summed E-state index contributed by atoms with van der Waals surface area (Å²) in [6.07, 6.45) is 0. The number of sulfone groups is 1. The summed E-state index contributed by atoms with van der Waals surface area (Å²) in [5.41, 5.74) is 0.532. The number of esters is 1. The zero-order valence-electron chi connectivity index (χ0n) is 16.1. The molecular weight excluding hydrogens is 452 g/mol. The molecular formula is C19H19ClN2O6S2. The number of hydrogen-bond donors (Lipinski definition) is 2. The molecule has 0 saturated heterocycles. The van der Waals surface area contributed by atoms with E-state index < -0.39 is 33.6 Å². The van der Waals surface area contributed by atoms with Gasteiger partial charge in [0.05, 0.1) is 35.4 Å². The Balaban J connectivity index is 2.04. The van der Waals surface area contributed by atoms with Crippen LogP contribution >= 0.6 is 22.9 Å². The van der Waals surface area contributed by atoms with E-state index in [-0.39, 0.29) is 15.5 Å². The first-order valence-electron chi connectivity index (χ1n) is 8.85. The lowest BCUT2D eigenvalue weighted by atomic mass is 9.95. The maximum Gasteiger partial charge on any atom is 0.338 e. The topological polar surface area (TPSA) is 111 Å². The van der Waals surface area contributed by atoms with Gasteiger partial charge in [-0.25, -0.2) is 18.0 Å². The molecule has 8 nitrogen and oxygen atoms in total. The van der Waals surface area contributed by atoms with Gasteiger partial charge in [-0.3, -0.25) is 0 Å². The Morgan fingerprint density at radius 1 is 1.20 bits per heavy atom. The number of hydrogen-bond acceptors (Lipinski definition) is 7. The number of methoxy groups -OCH3 is 1. The van der Waals surface area contributed by atoms with E-state index in [9.17, 15) is 18.0 Å². The van der Waals surface area contributed by atoms with Crippen LogP contribution in [0.5, 0.6) is 5.75 Å². The van der Waals surface area contributed by atoms with Crippen LogP contribution in [0.1, 0.15) is 18.5 Å². The Hall–Kier alpha value is -2.56. The van der Waals surface area contributed by atoms with E-state index in [2.05, 4.69) is 10.6 Å². The van der Waals surface area contributed by atoms with Gasteiger partial charge in [0.25, 0.3) is 0 Å². The Kier molecular flexibility index (Phi) is 6.69. The van der Waals surface area contributed by atoms with E-state index in [0.29, 0.717) is 22.3 Å². The Labute approximate surface area is 182 Å². The predicted molar refractivity (Wildman–Crippen MR) is 112 cm³/mol. The number of urea groups is 1. The van der Waals surface area contributed by atoms with Crippen molar-refractivity contribution >= 4 is 44.8 Å². The van der Waals surface area contributed by atoms with Gasteiger partial charge in [-0.1, -0.05) is 23.7 Å². The average molecular weight is 471 g/mol. The summed E-state index contributed by atoms with van der Waals surface area (Å²) in [5.74, 6) is -0.715. The van der Waals surface area contributed by atoms with Crippen molar-refractivity contribution in [1.82, 2.24) is 10.6 Å². The summed E-state index contributed by atoms with van der Waals surface area (Å²) in [6, 6.07) is 8.12. The fraction of sp³-hybridized carbons (Fsp3) is 0.263. The highest BCUT2D eigenvalue weighted by Gasteiger charge is 2.35. The van der Waals surface area contributed by atoms with Crippen LogP contribution in [0.2, 0.25) is 4.34 Å². The molecule has 0 aliphatic carbocycles. The zero-order chi connectivity index (χ0) is 21.9. The van der Waals surface area contributed by atoms with Crippen molar-refractivity contribution in [2.24, 2.45) is 0 Å². The Bertz CT molecular complexity index is 1090. The highest BCUT2D eigenvalue weighted by Crippen LogP contribution is 2.32. The lowest BCUT2D eigenvalue weighted by Gasteiger charge is -2.29. The largest absolute Gasteiger partial charge is 0.494 e. The summed E-state index contributed by atoms with van der Waals surface area (Å²) in [7, 11) is -2.66. The molecule has 1 unspecified atom stereocenters. The molecule has 2 aromatic rings.